The number of hydrogen-bond acceptors (Lipinski definition) is 2. The summed E-state index contributed by atoms with van der Waals surface area (Å²) in [6.45, 7) is 0. The minimum atomic E-state index is -0.279. The molecule has 0 spiro atoms. The van der Waals surface area contributed by atoms with Gasteiger partial charge in [-0.1, -0.05) is 11.6 Å². The lowest BCUT2D eigenvalue weighted by Crippen LogP contribution is -2.17. The Morgan fingerprint density at radius 2 is 2.18 bits per heavy atom. The van der Waals surface area contributed by atoms with E-state index in [0.29, 0.717) is 5.02 Å². The van der Waals surface area contributed by atoms with E-state index < -0.39 is 0 Å². The maximum absolute atomic E-state index is 13.3. The zero-order valence-corrected chi connectivity index (χ0v) is 12.2. The van der Waals surface area contributed by atoms with Crippen molar-refractivity contribution in [3.8, 4) is 0 Å². The molecular formula is C12H10BrClFNS. The molecule has 2 rings (SSSR count). The molecule has 0 saturated carbocycles. The molecule has 0 fully saturated rings. The monoisotopic (exact) mass is 333 g/mol. The van der Waals surface area contributed by atoms with Crippen molar-refractivity contribution in [1.29, 1.82) is 0 Å². The number of rotatable bonds is 3. The highest BCUT2D eigenvalue weighted by atomic mass is 79.9. The van der Waals surface area contributed by atoms with Crippen LogP contribution in [0.5, 0.6) is 0 Å². The molecule has 0 radical (unpaired) electrons. The van der Waals surface area contributed by atoms with Crippen molar-refractivity contribution in [3.63, 3.8) is 0 Å². The Labute approximate surface area is 117 Å². The third-order valence-corrected chi connectivity index (χ3v) is 4.35. The lowest BCUT2D eigenvalue weighted by atomic mass is 10.0. The molecule has 2 aromatic rings. The molecular weight excluding hydrogens is 325 g/mol. The Hall–Kier alpha value is -0.420. The van der Waals surface area contributed by atoms with Crippen LogP contribution in [0.15, 0.2) is 33.4 Å². The van der Waals surface area contributed by atoms with Crippen molar-refractivity contribution in [1.82, 2.24) is 5.32 Å². The summed E-state index contributed by atoms with van der Waals surface area (Å²) in [5.41, 5.74) is 1.82. The maximum Gasteiger partial charge on any atom is 0.123 e. The molecule has 1 heterocycles. The fourth-order valence-corrected chi connectivity index (χ4v) is 3.14. The number of halogens is 3. The normalized spacial score (nSPS) is 12.7. The lowest BCUT2D eigenvalue weighted by Gasteiger charge is -2.17. The molecule has 17 heavy (non-hydrogen) atoms. The Balaban J connectivity index is 2.45. The summed E-state index contributed by atoms with van der Waals surface area (Å²) in [4.78, 5) is 0. The summed E-state index contributed by atoms with van der Waals surface area (Å²) in [6.07, 6.45) is 0. The van der Waals surface area contributed by atoms with Gasteiger partial charge in [-0.15, -0.1) is 11.3 Å². The summed E-state index contributed by atoms with van der Waals surface area (Å²) < 4.78 is 14.3. The van der Waals surface area contributed by atoms with Gasteiger partial charge in [-0.2, -0.15) is 0 Å². The highest BCUT2D eigenvalue weighted by Gasteiger charge is 2.17. The van der Waals surface area contributed by atoms with Crippen LogP contribution in [0, 0.1) is 5.82 Å². The quantitative estimate of drug-likeness (QED) is 0.864. The molecule has 1 aromatic heterocycles. The van der Waals surface area contributed by atoms with Crippen LogP contribution >= 0.6 is 38.9 Å². The van der Waals surface area contributed by atoms with Crippen LogP contribution in [-0.2, 0) is 0 Å². The molecule has 90 valence electrons. The number of nitrogens with one attached hydrogen (secondary N) is 1. The van der Waals surface area contributed by atoms with E-state index >= 15 is 0 Å². The van der Waals surface area contributed by atoms with Gasteiger partial charge >= 0.3 is 0 Å². The number of hydrogen-bond donors (Lipinski definition) is 1. The Morgan fingerprint density at radius 3 is 2.76 bits per heavy atom. The van der Waals surface area contributed by atoms with Crippen LogP contribution in [0.1, 0.15) is 17.2 Å². The van der Waals surface area contributed by atoms with Gasteiger partial charge in [0.05, 0.1) is 9.83 Å². The Kier molecular flexibility index (Phi) is 4.20. The van der Waals surface area contributed by atoms with Crippen molar-refractivity contribution in [2.75, 3.05) is 7.05 Å². The molecule has 0 aliphatic carbocycles. The molecule has 1 N–H and O–H groups in total. The highest BCUT2D eigenvalue weighted by Crippen LogP contribution is 2.32. The lowest BCUT2D eigenvalue weighted by molar-refractivity contribution is 0.617. The third kappa shape index (κ3) is 2.88. The van der Waals surface area contributed by atoms with Crippen LogP contribution in [0.3, 0.4) is 0 Å². The Bertz CT molecular complexity index is 529. The molecule has 0 saturated heterocycles. The smallest absolute Gasteiger partial charge is 0.123 e. The first-order valence-electron chi connectivity index (χ1n) is 4.98. The van der Waals surface area contributed by atoms with Gasteiger partial charge in [0.15, 0.2) is 0 Å². The minimum absolute atomic E-state index is 0.0965. The fraction of sp³-hybridized carbons (Fsp3) is 0.167. The highest BCUT2D eigenvalue weighted by molar-refractivity contribution is 9.11. The second kappa shape index (κ2) is 5.48. The van der Waals surface area contributed by atoms with Crippen LogP contribution < -0.4 is 5.32 Å². The summed E-state index contributed by atoms with van der Waals surface area (Å²) in [7, 11) is 1.83. The largest absolute Gasteiger partial charge is 0.309 e. The van der Waals surface area contributed by atoms with Crippen molar-refractivity contribution >= 4 is 38.9 Å². The van der Waals surface area contributed by atoms with Gasteiger partial charge in [-0.25, -0.2) is 4.39 Å². The molecule has 1 aromatic carbocycles. The van der Waals surface area contributed by atoms with Crippen LogP contribution in [0.2, 0.25) is 5.02 Å². The van der Waals surface area contributed by atoms with E-state index in [2.05, 4.69) is 21.2 Å². The zero-order chi connectivity index (χ0) is 12.4. The fourth-order valence-electron chi connectivity index (χ4n) is 1.71. The summed E-state index contributed by atoms with van der Waals surface area (Å²) in [5, 5.41) is 5.73. The minimum Gasteiger partial charge on any atom is -0.309 e. The molecule has 5 heteroatoms. The number of thiophene rings is 1. The van der Waals surface area contributed by atoms with Crippen molar-refractivity contribution in [2.45, 2.75) is 6.04 Å². The summed E-state index contributed by atoms with van der Waals surface area (Å²) in [5.74, 6) is -0.279. The topological polar surface area (TPSA) is 12.0 Å². The van der Waals surface area contributed by atoms with Crippen LogP contribution in [0.4, 0.5) is 4.39 Å². The van der Waals surface area contributed by atoms with Gasteiger partial charge < -0.3 is 5.32 Å². The first kappa shape index (κ1) is 13.0. The standard InChI is InChI=1S/C12H10BrClFNS/c1-16-12(7-4-11(13)17-6-7)9-5-8(15)2-3-10(9)14/h2-6,12,16H,1H3. The van der Waals surface area contributed by atoms with E-state index in [1.807, 2.05) is 18.5 Å². The molecule has 1 nitrogen and oxygen atoms in total. The van der Waals surface area contributed by atoms with E-state index in [4.69, 9.17) is 11.6 Å². The summed E-state index contributed by atoms with van der Waals surface area (Å²) in [6, 6.07) is 6.32. The second-order valence-corrected chi connectivity index (χ2v) is 6.27. The maximum atomic E-state index is 13.3. The van der Waals surface area contributed by atoms with Crippen molar-refractivity contribution in [3.05, 3.63) is 55.4 Å². The van der Waals surface area contributed by atoms with Gasteiger partial charge in [0.2, 0.25) is 0 Å². The Morgan fingerprint density at radius 1 is 1.41 bits per heavy atom. The van der Waals surface area contributed by atoms with Gasteiger partial charge in [0.1, 0.15) is 5.82 Å². The molecule has 1 atom stereocenters. The van der Waals surface area contributed by atoms with E-state index in [1.165, 1.54) is 12.1 Å². The molecule has 0 bridgehead atoms. The molecule has 1 unspecified atom stereocenters. The van der Waals surface area contributed by atoms with Crippen molar-refractivity contribution in [2.24, 2.45) is 0 Å². The van der Waals surface area contributed by atoms with Crippen molar-refractivity contribution < 1.29 is 4.39 Å². The van der Waals surface area contributed by atoms with E-state index in [1.54, 1.807) is 17.4 Å². The molecule has 0 aliphatic rings. The van der Waals surface area contributed by atoms with Gasteiger partial charge in [0, 0.05) is 5.02 Å². The first-order chi connectivity index (χ1) is 8.11. The molecule has 0 amide bonds. The van der Waals surface area contributed by atoms with Gasteiger partial charge in [-0.3, -0.25) is 0 Å². The SMILES string of the molecule is CNC(c1csc(Br)c1)c1cc(F)ccc1Cl. The number of benzene rings is 1. The predicted molar refractivity (Wildman–Crippen MR) is 74.3 cm³/mol. The average molecular weight is 335 g/mol. The van der Waals surface area contributed by atoms with Gasteiger partial charge in [0.25, 0.3) is 0 Å². The van der Waals surface area contributed by atoms with Gasteiger partial charge in [-0.05, 0) is 63.8 Å². The predicted octanol–water partition coefficient (Wildman–Crippen LogP) is 4.61. The van der Waals surface area contributed by atoms with Crippen LogP contribution in [0.25, 0.3) is 0 Å². The third-order valence-electron chi connectivity index (χ3n) is 2.48. The molecule has 0 aliphatic heterocycles. The van der Waals surface area contributed by atoms with E-state index in [9.17, 15) is 4.39 Å². The zero-order valence-electron chi connectivity index (χ0n) is 9.01. The second-order valence-electron chi connectivity index (χ2n) is 3.57. The first-order valence-corrected chi connectivity index (χ1v) is 7.03. The van der Waals surface area contributed by atoms with E-state index in [-0.39, 0.29) is 11.9 Å². The van der Waals surface area contributed by atoms with Crippen LogP contribution in [-0.4, -0.2) is 7.05 Å². The average Bonchev–Trinajstić information content (AvgIpc) is 2.71. The van der Waals surface area contributed by atoms with E-state index in [0.717, 1.165) is 14.9 Å². The summed E-state index contributed by atoms with van der Waals surface area (Å²) >= 11 is 11.1.